The number of rotatable bonds is 4. The molecule has 2 N–H and O–H groups in total. The third-order valence-electron chi connectivity index (χ3n) is 7.71. The first kappa shape index (κ1) is 21.3. The molecule has 2 fully saturated rings. The van der Waals surface area contributed by atoms with Crippen molar-refractivity contribution in [2.45, 2.75) is 56.8 Å². The molecule has 7 heteroatoms. The molecule has 1 aromatic carbocycles. The maximum absolute atomic E-state index is 13.7. The number of carbonyl (C=O) groups excluding carboxylic acids is 1. The van der Waals surface area contributed by atoms with Gasteiger partial charge in [0.05, 0.1) is 12.1 Å². The number of aromatic nitrogens is 1. The van der Waals surface area contributed by atoms with E-state index in [9.17, 15) is 19.1 Å². The lowest BCUT2D eigenvalue weighted by Crippen LogP contribution is -2.50. The summed E-state index contributed by atoms with van der Waals surface area (Å²) in [6.07, 6.45) is 5.54. The number of pyridine rings is 1. The van der Waals surface area contributed by atoms with Crippen molar-refractivity contribution in [1.82, 2.24) is 14.8 Å². The van der Waals surface area contributed by atoms with Gasteiger partial charge in [-0.05, 0) is 49.7 Å². The Hall–Kier alpha value is -2.51. The Labute approximate surface area is 187 Å². The number of nitrogens with zero attached hydrogens (tertiary/aromatic N) is 2. The van der Waals surface area contributed by atoms with E-state index in [1.165, 1.54) is 18.6 Å². The molecule has 32 heavy (non-hydrogen) atoms. The van der Waals surface area contributed by atoms with Crippen LogP contribution in [0.4, 0.5) is 4.39 Å². The smallest absolute Gasteiger partial charge is 0.258 e. The van der Waals surface area contributed by atoms with E-state index in [2.05, 4.69) is 5.32 Å². The van der Waals surface area contributed by atoms with Crippen LogP contribution in [0.2, 0.25) is 0 Å². The van der Waals surface area contributed by atoms with Gasteiger partial charge in [0, 0.05) is 42.3 Å². The van der Waals surface area contributed by atoms with Crippen LogP contribution in [0.5, 0.6) is 0 Å². The number of hydrogen-bond acceptors (Lipinski definition) is 4. The molecular weight excluding hydrogens is 409 g/mol. The number of carbonyl (C=O) groups is 1. The number of benzene rings is 1. The normalized spacial score (nSPS) is 27.8. The number of likely N-dealkylation sites (N-methyl/N-ethyl adjacent to an activating group) is 1. The summed E-state index contributed by atoms with van der Waals surface area (Å²) in [7, 11) is 1.92. The van der Waals surface area contributed by atoms with Gasteiger partial charge < -0.3 is 15.0 Å². The standard InChI is InChI=1S/C25H30FN3O3/c1-28-22-19(20(14-30)23(28)24(31)27-17-8-3-2-4-9-17)13-29-21(22)11-10-18(25(29)32)15-6-5-7-16(26)12-15/h5-7,10-12,17,19-20,22-23,30H,2-4,8-9,13-14H2,1H3,(H,27,31)/t19-,20-,22+,23-/m1/s1. The molecule has 2 aliphatic heterocycles. The van der Waals surface area contributed by atoms with Crippen LogP contribution >= 0.6 is 0 Å². The lowest BCUT2D eigenvalue weighted by molar-refractivity contribution is -0.128. The van der Waals surface area contributed by atoms with Crippen molar-refractivity contribution < 1.29 is 14.3 Å². The molecule has 0 radical (unpaired) electrons. The van der Waals surface area contributed by atoms with Gasteiger partial charge in [-0.3, -0.25) is 14.5 Å². The SMILES string of the molecule is CN1[C@@H]2c3ccc(-c4cccc(F)c4)c(=O)n3C[C@@H]2[C@@H](CO)[C@@H]1C(=O)NC1CCCCC1. The number of hydrogen-bond donors (Lipinski definition) is 2. The van der Waals surface area contributed by atoms with Crippen molar-refractivity contribution in [3.8, 4) is 11.1 Å². The van der Waals surface area contributed by atoms with E-state index in [0.29, 0.717) is 17.7 Å². The van der Waals surface area contributed by atoms with Crippen LogP contribution in [0, 0.1) is 17.7 Å². The number of nitrogens with one attached hydrogen (secondary N) is 1. The average molecular weight is 440 g/mol. The van der Waals surface area contributed by atoms with Gasteiger partial charge in [0.15, 0.2) is 0 Å². The molecule has 1 aliphatic carbocycles. The highest BCUT2D eigenvalue weighted by atomic mass is 19.1. The summed E-state index contributed by atoms with van der Waals surface area (Å²) in [5.41, 5.74) is 1.71. The predicted octanol–water partition coefficient (Wildman–Crippen LogP) is 2.70. The number of fused-ring (bicyclic) bond motifs is 3. The number of aliphatic hydroxyl groups is 1. The van der Waals surface area contributed by atoms with E-state index in [4.69, 9.17) is 0 Å². The number of amides is 1. The maximum atomic E-state index is 13.7. The minimum atomic E-state index is -0.413. The molecule has 1 amide bonds. The summed E-state index contributed by atoms with van der Waals surface area (Å²) in [5, 5.41) is 13.5. The van der Waals surface area contributed by atoms with Crippen molar-refractivity contribution in [2.24, 2.45) is 11.8 Å². The van der Waals surface area contributed by atoms with Gasteiger partial charge in [0.1, 0.15) is 5.82 Å². The molecule has 4 atom stereocenters. The van der Waals surface area contributed by atoms with Gasteiger partial charge >= 0.3 is 0 Å². The average Bonchev–Trinajstić information content (AvgIpc) is 3.30. The molecule has 1 aromatic heterocycles. The van der Waals surface area contributed by atoms with Crippen LogP contribution in [0.25, 0.3) is 11.1 Å². The fraction of sp³-hybridized carbons (Fsp3) is 0.520. The van der Waals surface area contributed by atoms with E-state index < -0.39 is 6.04 Å². The lowest BCUT2D eigenvalue weighted by Gasteiger charge is -2.30. The highest BCUT2D eigenvalue weighted by Crippen LogP contribution is 2.48. The molecule has 0 spiro atoms. The second-order valence-electron chi connectivity index (χ2n) is 9.51. The molecule has 0 unspecified atom stereocenters. The first-order valence-electron chi connectivity index (χ1n) is 11.6. The van der Waals surface area contributed by atoms with E-state index in [0.717, 1.165) is 31.4 Å². The summed E-state index contributed by atoms with van der Waals surface area (Å²) in [6.45, 7) is 0.346. The first-order valence-corrected chi connectivity index (χ1v) is 11.6. The van der Waals surface area contributed by atoms with E-state index in [1.54, 1.807) is 22.8 Å². The summed E-state index contributed by atoms with van der Waals surface area (Å²) < 4.78 is 15.4. The molecule has 0 bridgehead atoms. The Morgan fingerprint density at radius 1 is 1.19 bits per heavy atom. The van der Waals surface area contributed by atoms with E-state index >= 15 is 0 Å². The van der Waals surface area contributed by atoms with Gasteiger partial charge in [-0.15, -0.1) is 0 Å². The lowest BCUT2D eigenvalue weighted by atomic mass is 9.87. The molecule has 5 rings (SSSR count). The first-order chi connectivity index (χ1) is 15.5. The molecule has 3 heterocycles. The Morgan fingerprint density at radius 3 is 2.69 bits per heavy atom. The highest BCUT2D eigenvalue weighted by Gasteiger charge is 2.54. The monoisotopic (exact) mass is 439 g/mol. The Bertz CT molecular complexity index is 1080. The van der Waals surface area contributed by atoms with Gasteiger partial charge in [0.25, 0.3) is 5.56 Å². The minimum Gasteiger partial charge on any atom is -0.396 e. The molecule has 170 valence electrons. The molecule has 2 aromatic rings. The number of likely N-dealkylation sites (tertiary alicyclic amines) is 1. The Kier molecular flexibility index (Phi) is 5.63. The van der Waals surface area contributed by atoms with Crippen molar-refractivity contribution in [2.75, 3.05) is 13.7 Å². The van der Waals surface area contributed by atoms with Crippen molar-refractivity contribution in [1.29, 1.82) is 0 Å². The van der Waals surface area contributed by atoms with Crippen molar-refractivity contribution in [3.05, 3.63) is 58.3 Å². The highest BCUT2D eigenvalue weighted by molar-refractivity contribution is 5.83. The number of aliphatic hydroxyl groups excluding tert-OH is 1. The second-order valence-corrected chi connectivity index (χ2v) is 9.51. The molecule has 1 saturated carbocycles. The van der Waals surface area contributed by atoms with Crippen LogP contribution in [0.1, 0.15) is 43.8 Å². The topological polar surface area (TPSA) is 74.6 Å². The molecule has 6 nitrogen and oxygen atoms in total. The zero-order valence-electron chi connectivity index (χ0n) is 18.3. The third kappa shape index (κ3) is 3.48. The van der Waals surface area contributed by atoms with E-state index in [-0.39, 0.29) is 47.8 Å². The van der Waals surface area contributed by atoms with Crippen molar-refractivity contribution >= 4 is 5.91 Å². The van der Waals surface area contributed by atoms with Crippen LogP contribution in [0.15, 0.2) is 41.2 Å². The zero-order valence-corrected chi connectivity index (χ0v) is 18.3. The predicted molar refractivity (Wildman–Crippen MR) is 119 cm³/mol. The van der Waals surface area contributed by atoms with Gasteiger partial charge in [-0.1, -0.05) is 31.4 Å². The van der Waals surface area contributed by atoms with Crippen LogP contribution in [0.3, 0.4) is 0 Å². The quantitative estimate of drug-likeness (QED) is 0.768. The van der Waals surface area contributed by atoms with Gasteiger partial charge in [-0.25, -0.2) is 4.39 Å². The van der Waals surface area contributed by atoms with Crippen molar-refractivity contribution in [3.63, 3.8) is 0 Å². The maximum Gasteiger partial charge on any atom is 0.258 e. The fourth-order valence-corrected chi connectivity index (χ4v) is 6.18. The summed E-state index contributed by atoms with van der Waals surface area (Å²) in [4.78, 5) is 28.5. The second kappa shape index (κ2) is 8.45. The van der Waals surface area contributed by atoms with Crippen LogP contribution < -0.4 is 10.9 Å². The molecule has 1 saturated heterocycles. The third-order valence-corrected chi connectivity index (χ3v) is 7.71. The Balaban J connectivity index is 1.44. The van der Waals surface area contributed by atoms with E-state index in [1.807, 2.05) is 18.0 Å². The van der Waals surface area contributed by atoms with Crippen LogP contribution in [-0.2, 0) is 11.3 Å². The summed E-state index contributed by atoms with van der Waals surface area (Å²) in [6, 6.07) is 9.42. The Morgan fingerprint density at radius 2 is 1.97 bits per heavy atom. The number of halogens is 1. The zero-order chi connectivity index (χ0) is 22.4. The fourth-order valence-electron chi connectivity index (χ4n) is 6.18. The summed E-state index contributed by atoms with van der Waals surface area (Å²) in [5.74, 6) is -0.664. The summed E-state index contributed by atoms with van der Waals surface area (Å²) >= 11 is 0. The van der Waals surface area contributed by atoms with Gasteiger partial charge in [-0.2, -0.15) is 0 Å². The molecular formula is C25H30FN3O3. The van der Waals surface area contributed by atoms with Gasteiger partial charge in [0.2, 0.25) is 5.91 Å². The van der Waals surface area contributed by atoms with Crippen LogP contribution in [-0.4, -0.2) is 46.2 Å². The molecule has 3 aliphatic rings. The largest absolute Gasteiger partial charge is 0.396 e. The minimum absolute atomic E-state index is 0.0156.